The third-order valence-corrected chi connectivity index (χ3v) is 11.2. The van der Waals surface area contributed by atoms with Gasteiger partial charge in [-0.3, -0.25) is 4.79 Å². The molecule has 7 nitrogen and oxygen atoms in total. The summed E-state index contributed by atoms with van der Waals surface area (Å²) in [7, 11) is -4.91. The Morgan fingerprint density at radius 3 is 2.11 bits per heavy atom. The van der Waals surface area contributed by atoms with Crippen molar-refractivity contribution in [3.63, 3.8) is 0 Å². The molecule has 0 amide bonds. The summed E-state index contributed by atoms with van der Waals surface area (Å²) in [6.45, 7) is 11.3. The molecule has 0 aromatic heterocycles. The van der Waals surface area contributed by atoms with Crippen LogP contribution in [0, 0.1) is 5.92 Å². The quantitative estimate of drug-likeness (QED) is 0.244. The van der Waals surface area contributed by atoms with Gasteiger partial charge in [-0.15, -0.1) is 0 Å². The minimum absolute atomic E-state index is 0.0833. The van der Waals surface area contributed by atoms with Gasteiger partial charge in [0.05, 0.1) is 11.5 Å². The standard InChI is InChI=1S/C29H42NO6SSi/c1-6-34-25-16-18-27(19-17-25)37(32,33)30-28(29(31)35-20-23-10-8-7-9-11-23)24-12-14-26(15-13-24)36-38(21(2)3)22(4)5/h7-11,16-19,21-22,24,26,28,30H,6,12-15,20H2,1-5H3. The van der Waals surface area contributed by atoms with Crippen LogP contribution in [0.4, 0.5) is 0 Å². The van der Waals surface area contributed by atoms with Crippen LogP contribution in [0.25, 0.3) is 0 Å². The molecular weight excluding hydrogens is 518 g/mol. The van der Waals surface area contributed by atoms with E-state index in [0.29, 0.717) is 36.3 Å². The molecule has 2 aromatic carbocycles. The molecule has 0 spiro atoms. The highest BCUT2D eigenvalue weighted by molar-refractivity contribution is 7.89. The second-order valence-corrected chi connectivity index (χ2v) is 15.5. The molecule has 0 aliphatic heterocycles. The highest BCUT2D eigenvalue weighted by atomic mass is 32.2. The fraction of sp³-hybridized carbons (Fsp3) is 0.552. The largest absolute Gasteiger partial charge is 0.494 e. The summed E-state index contributed by atoms with van der Waals surface area (Å²) in [6.07, 6.45) is 3.12. The van der Waals surface area contributed by atoms with Crippen LogP contribution in [0.3, 0.4) is 0 Å². The van der Waals surface area contributed by atoms with Gasteiger partial charge >= 0.3 is 5.97 Å². The molecule has 1 fully saturated rings. The maximum Gasteiger partial charge on any atom is 0.324 e. The molecule has 209 valence electrons. The zero-order valence-corrected chi connectivity index (χ0v) is 25.0. The Kier molecular flexibility index (Phi) is 11.4. The first kappa shape index (κ1) is 30.3. The Balaban J connectivity index is 1.73. The van der Waals surface area contributed by atoms with Crippen molar-refractivity contribution < 1.29 is 27.1 Å². The molecular formula is C29H42NO6SSi. The molecule has 1 radical (unpaired) electrons. The van der Waals surface area contributed by atoms with Crippen LogP contribution >= 0.6 is 0 Å². The Labute approximate surface area is 230 Å². The molecule has 2 aromatic rings. The monoisotopic (exact) mass is 560 g/mol. The summed E-state index contributed by atoms with van der Waals surface area (Å²) in [6, 6.07) is 14.6. The number of esters is 1. The summed E-state index contributed by atoms with van der Waals surface area (Å²) < 4.78 is 46.9. The van der Waals surface area contributed by atoms with Crippen molar-refractivity contribution >= 4 is 25.0 Å². The molecule has 38 heavy (non-hydrogen) atoms. The van der Waals surface area contributed by atoms with Crippen molar-refractivity contribution in [1.29, 1.82) is 0 Å². The molecule has 9 heteroatoms. The zero-order valence-electron chi connectivity index (χ0n) is 23.2. The van der Waals surface area contributed by atoms with E-state index in [2.05, 4.69) is 32.4 Å². The van der Waals surface area contributed by atoms with Crippen molar-refractivity contribution in [2.75, 3.05) is 6.61 Å². The topological polar surface area (TPSA) is 90.9 Å². The molecule has 1 aliphatic rings. The van der Waals surface area contributed by atoms with Gasteiger partial charge in [-0.05, 0) is 79.4 Å². The van der Waals surface area contributed by atoms with Gasteiger partial charge in [-0.1, -0.05) is 58.0 Å². The summed E-state index contributed by atoms with van der Waals surface area (Å²) in [5.74, 6) is -0.140. The lowest BCUT2D eigenvalue weighted by atomic mass is 9.83. The predicted octanol–water partition coefficient (Wildman–Crippen LogP) is 5.86. The number of hydrogen-bond donors (Lipinski definition) is 1. The Morgan fingerprint density at radius 1 is 0.947 bits per heavy atom. The molecule has 1 saturated carbocycles. The maximum atomic E-state index is 13.3. The fourth-order valence-corrected chi connectivity index (χ4v) is 8.69. The third kappa shape index (κ3) is 8.66. The first-order valence-electron chi connectivity index (χ1n) is 13.6. The first-order chi connectivity index (χ1) is 18.1. The van der Waals surface area contributed by atoms with Crippen LogP contribution in [0.1, 0.15) is 65.9 Å². The summed E-state index contributed by atoms with van der Waals surface area (Å²) in [5.41, 5.74) is 1.88. The second kappa shape index (κ2) is 14.3. The highest BCUT2D eigenvalue weighted by Gasteiger charge is 2.38. The van der Waals surface area contributed by atoms with Crippen molar-refractivity contribution in [2.45, 2.75) is 95.0 Å². The van der Waals surface area contributed by atoms with Gasteiger partial charge in [0.2, 0.25) is 19.1 Å². The number of carbonyl (C=O) groups excluding carboxylic acids is 1. The summed E-state index contributed by atoms with van der Waals surface area (Å²) in [4.78, 5) is 13.4. The van der Waals surface area contributed by atoms with Gasteiger partial charge in [0.1, 0.15) is 18.4 Å². The molecule has 0 heterocycles. The van der Waals surface area contributed by atoms with Crippen LogP contribution in [0.15, 0.2) is 59.5 Å². The van der Waals surface area contributed by atoms with Crippen LogP contribution in [-0.4, -0.2) is 42.2 Å². The van der Waals surface area contributed by atoms with Gasteiger partial charge in [0.15, 0.2) is 0 Å². The van der Waals surface area contributed by atoms with E-state index in [0.717, 1.165) is 18.4 Å². The normalized spacial score (nSPS) is 19.1. The van der Waals surface area contributed by atoms with Gasteiger partial charge in [0.25, 0.3) is 0 Å². The van der Waals surface area contributed by atoms with E-state index in [-0.39, 0.29) is 23.5 Å². The summed E-state index contributed by atoms with van der Waals surface area (Å²) >= 11 is 0. The molecule has 1 atom stereocenters. The van der Waals surface area contributed by atoms with Crippen LogP contribution in [0.2, 0.25) is 11.1 Å². The number of carbonyl (C=O) groups is 1. The maximum absolute atomic E-state index is 13.3. The van der Waals surface area contributed by atoms with Gasteiger partial charge in [-0.2, -0.15) is 4.72 Å². The van der Waals surface area contributed by atoms with Crippen LogP contribution in [0.5, 0.6) is 5.75 Å². The minimum atomic E-state index is -3.96. The van der Waals surface area contributed by atoms with E-state index in [1.807, 2.05) is 37.3 Å². The molecule has 1 aliphatic carbocycles. The van der Waals surface area contributed by atoms with E-state index in [1.165, 1.54) is 12.1 Å². The van der Waals surface area contributed by atoms with Crippen molar-refractivity contribution in [3.05, 3.63) is 60.2 Å². The first-order valence-corrected chi connectivity index (χ1v) is 16.6. The Bertz CT molecular complexity index is 1090. The minimum Gasteiger partial charge on any atom is -0.494 e. The lowest BCUT2D eigenvalue weighted by Gasteiger charge is -2.35. The van der Waals surface area contributed by atoms with E-state index in [9.17, 15) is 13.2 Å². The van der Waals surface area contributed by atoms with Crippen molar-refractivity contribution in [1.82, 2.24) is 4.72 Å². The molecule has 1 N–H and O–H groups in total. The zero-order chi connectivity index (χ0) is 27.7. The fourth-order valence-electron chi connectivity index (χ4n) is 4.94. The number of hydrogen-bond acceptors (Lipinski definition) is 6. The number of sulfonamides is 1. The number of nitrogens with one attached hydrogen (secondary N) is 1. The average Bonchev–Trinajstić information content (AvgIpc) is 2.90. The van der Waals surface area contributed by atoms with Gasteiger partial charge < -0.3 is 13.9 Å². The number of rotatable bonds is 13. The van der Waals surface area contributed by atoms with E-state index in [1.54, 1.807) is 12.1 Å². The predicted molar refractivity (Wildman–Crippen MR) is 151 cm³/mol. The van der Waals surface area contributed by atoms with Crippen molar-refractivity contribution in [2.24, 2.45) is 5.92 Å². The number of ether oxygens (including phenoxy) is 2. The van der Waals surface area contributed by atoms with E-state index < -0.39 is 31.1 Å². The van der Waals surface area contributed by atoms with Crippen molar-refractivity contribution in [3.8, 4) is 5.75 Å². The number of benzene rings is 2. The van der Waals surface area contributed by atoms with Gasteiger partial charge in [0, 0.05) is 6.10 Å². The lowest BCUT2D eigenvalue weighted by Crippen LogP contribution is -2.48. The van der Waals surface area contributed by atoms with Crippen LogP contribution in [-0.2, 0) is 30.6 Å². The summed E-state index contributed by atoms with van der Waals surface area (Å²) in [5, 5.41) is 0. The third-order valence-electron chi connectivity index (χ3n) is 6.84. The van der Waals surface area contributed by atoms with E-state index >= 15 is 0 Å². The van der Waals surface area contributed by atoms with E-state index in [4.69, 9.17) is 13.9 Å². The Hall–Kier alpha value is -2.20. The van der Waals surface area contributed by atoms with Gasteiger partial charge in [-0.25, -0.2) is 8.42 Å². The molecule has 3 rings (SSSR count). The second-order valence-electron chi connectivity index (χ2n) is 10.5. The molecule has 0 saturated heterocycles. The SMILES string of the molecule is CCOc1ccc(S(=O)(=O)NC(C(=O)OCc2ccccc2)C2CCC(O[Si](C(C)C)C(C)C)CC2)cc1. The lowest BCUT2D eigenvalue weighted by molar-refractivity contribution is -0.149. The smallest absolute Gasteiger partial charge is 0.324 e. The Morgan fingerprint density at radius 2 is 1.55 bits per heavy atom. The average molecular weight is 561 g/mol. The molecule has 0 bridgehead atoms. The molecule has 1 unspecified atom stereocenters. The highest BCUT2D eigenvalue weighted by Crippen LogP contribution is 2.33. The van der Waals surface area contributed by atoms with Crippen LogP contribution < -0.4 is 9.46 Å².